The van der Waals surface area contributed by atoms with Gasteiger partial charge in [0, 0.05) is 5.69 Å². The van der Waals surface area contributed by atoms with E-state index in [4.69, 9.17) is 17.0 Å². The van der Waals surface area contributed by atoms with Crippen molar-refractivity contribution in [1.29, 1.82) is 0 Å². The summed E-state index contributed by atoms with van der Waals surface area (Å²) in [5, 5.41) is 7.34. The lowest BCUT2D eigenvalue weighted by atomic mass is 9.93. The first-order chi connectivity index (χ1) is 11.9. The van der Waals surface area contributed by atoms with Gasteiger partial charge in [-0.15, -0.1) is 0 Å². The molecule has 2 aromatic rings. The van der Waals surface area contributed by atoms with Crippen molar-refractivity contribution in [3.63, 3.8) is 0 Å². The third-order valence-corrected chi connectivity index (χ3v) is 4.18. The minimum absolute atomic E-state index is 0.169. The highest BCUT2D eigenvalue weighted by Gasteiger charge is 2.18. The standard InChI is InChI=1S/C21H28N2OS/c1-14(2)20(19-9-7-6-8-16(19)5)23-21(25)22-17-10-12-18(13-11-17)24-15(3)4/h6-15,20H,1-5H3,(H2,22,23,25)/t20-/m0/s1. The second-order valence-electron chi connectivity index (χ2n) is 6.87. The molecule has 0 aliphatic rings. The lowest BCUT2D eigenvalue weighted by Crippen LogP contribution is -2.35. The Kier molecular flexibility index (Phi) is 6.82. The van der Waals surface area contributed by atoms with Crippen LogP contribution in [0, 0.1) is 12.8 Å². The van der Waals surface area contributed by atoms with E-state index < -0.39 is 0 Å². The van der Waals surface area contributed by atoms with Crippen LogP contribution in [0.4, 0.5) is 5.69 Å². The molecule has 0 aliphatic carbocycles. The van der Waals surface area contributed by atoms with Gasteiger partial charge in [-0.25, -0.2) is 0 Å². The molecule has 25 heavy (non-hydrogen) atoms. The maximum absolute atomic E-state index is 5.66. The molecule has 0 unspecified atom stereocenters. The zero-order valence-corrected chi connectivity index (χ0v) is 16.5. The molecule has 2 aromatic carbocycles. The number of aryl methyl sites for hydroxylation is 1. The summed E-state index contributed by atoms with van der Waals surface area (Å²) in [5.41, 5.74) is 3.50. The summed E-state index contributed by atoms with van der Waals surface area (Å²) in [6.45, 7) is 10.6. The maximum Gasteiger partial charge on any atom is 0.171 e. The van der Waals surface area contributed by atoms with Crippen LogP contribution < -0.4 is 15.4 Å². The van der Waals surface area contributed by atoms with Gasteiger partial charge in [-0.3, -0.25) is 0 Å². The van der Waals surface area contributed by atoms with E-state index in [0.717, 1.165) is 11.4 Å². The molecule has 0 heterocycles. The normalized spacial score (nSPS) is 12.1. The van der Waals surface area contributed by atoms with Crippen LogP contribution in [0.1, 0.15) is 44.9 Å². The van der Waals surface area contributed by atoms with E-state index in [1.165, 1.54) is 11.1 Å². The van der Waals surface area contributed by atoms with Crippen LogP contribution in [0.25, 0.3) is 0 Å². The lowest BCUT2D eigenvalue weighted by Gasteiger charge is -2.26. The van der Waals surface area contributed by atoms with Gasteiger partial charge in [-0.1, -0.05) is 38.1 Å². The largest absolute Gasteiger partial charge is 0.491 e. The van der Waals surface area contributed by atoms with Crippen molar-refractivity contribution in [2.24, 2.45) is 5.92 Å². The van der Waals surface area contributed by atoms with Crippen LogP contribution in [0.5, 0.6) is 5.75 Å². The van der Waals surface area contributed by atoms with Crippen LogP contribution in [-0.2, 0) is 0 Å². The van der Waals surface area contributed by atoms with Gasteiger partial charge in [0.15, 0.2) is 5.11 Å². The number of ether oxygens (including phenoxy) is 1. The lowest BCUT2D eigenvalue weighted by molar-refractivity contribution is 0.242. The van der Waals surface area contributed by atoms with Crippen molar-refractivity contribution >= 4 is 23.0 Å². The predicted octanol–water partition coefficient (Wildman–Crippen LogP) is 5.47. The second-order valence-corrected chi connectivity index (χ2v) is 7.28. The first kappa shape index (κ1) is 19.3. The van der Waals surface area contributed by atoms with Crippen LogP contribution in [0.2, 0.25) is 0 Å². The first-order valence-corrected chi connectivity index (χ1v) is 9.17. The number of hydrogen-bond acceptors (Lipinski definition) is 2. The van der Waals surface area contributed by atoms with Crippen molar-refractivity contribution in [3.05, 3.63) is 59.7 Å². The molecule has 134 valence electrons. The molecule has 0 fully saturated rings. The fourth-order valence-corrected chi connectivity index (χ4v) is 2.98. The van der Waals surface area contributed by atoms with Crippen LogP contribution in [-0.4, -0.2) is 11.2 Å². The Bertz CT molecular complexity index is 695. The Morgan fingerprint density at radius 3 is 2.16 bits per heavy atom. The summed E-state index contributed by atoms with van der Waals surface area (Å²) in [5.74, 6) is 1.28. The van der Waals surface area contributed by atoms with Crippen molar-refractivity contribution < 1.29 is 4.74 Å². The summed E-state index contributed by atoms with van der Waals surface area (Å²) < 4.78 is 5.66. The minimum Gasteiger partial charge on any atom is -0.491 e. The van der Waals surface area contributed by atoms with Gasteiger partial charge < -0.3 is 15.4 Å². The van der Waals surface area contributed by atoms with E-state index in [9.17, 15) is 0 Å². The van der Waals surface area contributed by atoms with Gasteiger partial charge in [0.05, 0.1) is 12.1 Å². The van der Waals surface area contributed by atoms with Crippen molar-refractivity contribution in [2.75, 3.05) is 5.32 Å². The van der Waals surface area contributed by atoms with Gasteiger partial charge in [-0.05, 0) is 74.3 Å². The Morgan fingerprint density at radius 2 is 1.60 bits per heavy atom. The summed E-state index contributed by atoms with van der Waals surface area (Å²) in [7, 11) is 0. The second kappa shape index (κ2) is 8.86. The zero-order chi connectivity index (χ0) is 18.4. The molecule has 0 spiro atoms. The van der Waals surface area contributed by atoms with Gasteiger partial charge in [0.25, 0.3) is 0 Å². The summed E-state index contributed by atoms with van der Waals surface area (Å²) in [4.78, 5) is 0. The number of benzene rings is 2. The van der Waals surface area contributed by atoms with Crippen LogP contribution >= 0.6 is 12.2 Å². The van der Waals surface area contributed by atoms with Crippen LogP contribution in [0.15, 0.2) is 48.5 Å². The van der Waals surface area contributed by atoms with Gasteiger partial charge in [0.2, 0.25) is 0 Å². The monoisotopic (exact) mass is 356 g/mol. The Balaban J connectivity index is 2.03. The van der Waals surface area contributed by atoms with E-state index in [2.05, 4.69) is 55.7 Å². The third-order valence-electron chi connectivity index (χ3n) is 3.96. The average Bonchev–Trinajstić information content (AvgIpc) is 2.54. The number of anilines is 1. The number of thiocarbonyl (C=S) groups is 1. The van der Waals surface area contributed by atoms with Crippen LogP contribution in [0.3, 0.4) is 0 Å². The highest BCUT2D eigenvalue weighted by molar-refractivity contribution is 7.80. The molecule has 0 bridgehead atoms. The fraction of sp³-hybridized carbons (Fsp3) is 0.381. The highest BCUT2D eigenvalue weighted by Crippen LogP contribution is 2.25. The Labute approximate surface area is 156 Å². The fourth-order valence-electron chi connectivity index (χ4n) is 2.74. The molecule has 0 radical (unpaired) electrons. The molecule has 0 amide bonds. The van der Waals surface area contributed by atoms with E-state index in [0.29, 0.717) is 11.0 Å². The summed E-state index contributed by atoms with van der Waals surface area (Å²) in [6.07, 6.45) is 0.169. The maximum atomic E-state index is 5.66. The van der Waals surface area contributed by atoms with E-state index in [1.807, 2.05) is 38.1 Å². The van der Waals surface area contributed by atoms with Crippen molar-refractivity contribution in [3.8, 4) is 5.75 Å². The van der Waals surface area contributed by atoms with E-state index in [-0.39, 0.29) is 12.1 Å². The van der Waals surface area contributed by atoms with Gasteiger partial charge in [-0.2, -0.15) is 0 Å². The number of rotatable bonds is 6. The molecule has 0 saturated carbocycles. The molecule has 3 nitrogen and oxygen atoms in total. The van der Waals surface area contributed by atoms with Gasteiger partial charge >= 0.3 is 0 Å². The van der Waals surface area contributed by atoms with Gasteiger partial charge in [0.1, 0.15) is 5.75 Å². The first-order valence-electron chi connectivity index (χ1n) is 8.76. The Morgan fingerprint density at radius 1 is 0.960 bits per heavy atom. The molecule has 0 aromatic heterocycles. The zero-order valence-electron chi connectivity index (χ0n) is 15.7. The third kappa shape index (κ3) is 5.75. The van der Waals surface area contributed by atoms with E-state index in [1.54, 1.807) is 0 Å². The molecular formula is C21H28N2OS. The van der Waals surface area contributed by atoms with Crippen molar-refractivity contribution in [1.82, 2.24) is 5.32 Å². The molecule has 0 saturated heterocycles. The quantitative estimate of drug-likeness (QED) is 0.673. The predicted molar refractivity (Wildman–Crippen MR) is 110 cm³/mol. The van der Waals surface area contributed by atoms with Crippen molar-refractivity contribution in [2.45, 2.75) is 46.8 Å². The minimum atomic E-state index is 0.169. The molecule has 2 rings (SSSR count). The topological polar surface area (TPSA) is 33.3 Å². The molecular weight excluding hydrogens is 328 g/mol. The summed E-state index contributed by atoms with van der Waals surface area (Å²) >= 11 is 5.52. The number of nitrogens with one attached hydrogen (secondary N) is 2. The number of hydrogen-bond donors (Lipinski definition) is 2. The highest BCUT2D eigenvalue weighted by atomic mass is 32.1. The molecule has 0 aliphatic heterocycles. The van der Waals surface area contributed by atoms with E-state index >= 15 is 0 Å². The SMILES string of the molecule is Cc1ccccc1[C@@H](NC(=S)Nc1ccc(OC(C)C)cc1)C(C)C. The molecule has 2 N–H and O–H groups in total. The summed E-state index contributed by atoms with van der Waals surface area (Å²) in [6, 6.07) is 16.5. The molecule has 4 heteroatoms. The Hall–Kier alpha value is -2.07. The smallest absolute Gasteiger partial charge is 0.171 e. The molecule has 1 atom stereocenters. The average molecular weight is 357 g/mol.